The molecule has 4 rings (SSSR count). The van der Waals surface area contributed by atoms with E-state index in [4.69, 9.17) is 9.98 Å². The van der Waals surface area contributed by atoms with Gasteiger partial charge in [-0.3, -0.25) is 0 Å². The number of aliphatic imine (C=N–C) groups is 2. The van der Waals surface area contributed by atoms with Crippen LogP contribution in [-0.4, -0.2) is 73.6 Å². The Hall–Kier alpha value is -1.21. The summed E-state index contributed by atoms with van der Waals surface area (Å²) >= 11 is 0.157. The van der Waals surface area contributed by atoms with Crippen molar-refractivity contribution in [1.29, 1.82) is 0 Å². The first-order chi connectivity index (χ1) is 17.3. The third kappa shape index (κ3) is 5.79. The van der Waals surface area contributed by atoms with Gasteiger partial charge in [-0.1, -0.05) is 0 Å². The van der Waals surface area contributed by atoms with Gasteiger partial charge in [-0.05, 0) is 0 Å². The minimum absolute atomic E-state index is 0.0339. The Morgan fingerprint density at radius 1 is 0.658 bits per heavy atom. The first kappa shape index (κ1) is 29.8. The molecule has 1 saturated heterocycles. The molecule has 6 heteroatoms. The van der Waals surface area contributed by atoms with Gasteiger partial charge in [0.15, 0.2) is 0 Å². The summed E-state index contributed by atoms with van der Waals surface area (Å²) in [6.45, 7) is 27.5. The van der Waals surface area contributed by atoms with Crippen molar-refractivity contribution in [3.05, 3.63) is 58.7 Å². The van der Waals surface area contributed by atoms with Gasteiger partial charge >= 0.3 is 246 Å². The fourth-order valence-corrected chi connectivity index (χ4v) is 14.8. The molecule has 38 heavy (non-hydrogen) atoms. The van der Waals surface area contributed by atoms with E-state index in [9.17, 15) is 0 Å². The van der Waals surface area contributed by atoms with Gasteiger partial charge in [0.25, 0.3) is 0 Å². The first-order valence-electron chi connectivity index (χ1n) is 13.9. The van der Waals surface area contributed by atoms with Crippen LogP contribution >= 0.6 is 0 Å². The maximum absolute atomic E-state index is 4.96. The second-order valence-corrected chi connectivity index (χ2v) is 20.3. The topological polar surface area (TPSA) is 31.2 Å². The van der Waals surface area contributed by atoms with E-state index < -0.39 is 14.8 Å². The predicted molar refractivity (Wildman–Crippen MR) is 167 cm³/mol. The molecule has 0 aliphatic carbocycles. The SMILES string of the molecule is CC(C)(C)N=Cc1cccc([C@H]2[C@@H]3c4cccc(C=NC(C)(C)C)[c]4[Ge]([N]2C(C)(C)C)[N]3C(C)(C)C)[c]1[Ge]. The van der Waals surface area contributed by atoms with Crippen LogP contribution < -0.4 is 8.79 Å². The standard InChI is InChI=1S/C32H46Ge2N4/c1-29(2,3)35-19-21-15-13-17-23(25(21)33)27-28-24-18-14-16-22(20-36-30(4,5)6)26(24)34(37(27)31(7,8)9)38(28)32(10,11)12/h13-20,27-28H,1-12H3/t27-,28-/m0/s1. The molecule has 2 aliphatic rings. The third-order valence-corrected chi connectivity index (χ3v) is 16.3. The van der Waals surface area contributed by atoms with Crippen molar-refractivity contribution in [2.45, 2.75) is 117 Å². The number of hydrogen-bond donors (Lipinski definition) is 0. The number of rotatable bonds is 3. The van der Waals surface area contributed by atoms with Crippen molar-refractivity contribution >= 4 is 52.5 Å². The molecule has 2 aromatic rings. The molecule has 4 nitrogen and oxygen atoms in total. The zero-order valence-corrected chi connectivity index (χ0v) is 29.8. The van der Waals surface area contributed by atoms with Crippen molar-refractivity contribution in [2.24, 2.45) is 9.98 Å². The van der Waals surface area contributed by atoms with Crippen LogP contribution in [0.15, 0.2) is 46.4 Å². The number of benzene rings is 2. The molecule has 0 unspecified atom stereocenters. The third-order valence-electron chi connectivity index (χ3n) is 7.06. The van der Waals surface area contributed by atoms with Gasteiger partial charge in [-0.25, -0.2) is 0 Å². The zero-order valence-electron chi connectivity index (χ0n) is 25.6. The van der Waals surface area contributed by atoms with Crippen LogP contribution in [0, 0.1) is 0 Å². The van der Waals surface area contributed by atoms with Crippen LogP contribution in [0.2, 0.25) is 0 Å². The predicted octanol–water partition coefficient (Wildman–Crippen LogP) is 5.62. The summed E-state index contributed by atoms with van der Waals surface area (Å²) in [5.41, 5.74) is 5.43. The molecule has 2 bridgehead atoms. The van der Waals surface area contributed by atoms with E-state index in [2.05, 4.69) is 156 Å². The summed E-state index contributed by atoms with van der Waals surface area (Å²) in [7, 11) is 0. The molecule has 1 fully saturated rings. The van der Waals surface area contributed by atoms with Crippen LogP contribution in [0.1, 0.15) is 117 Å². The van der Waals surface area contributed by atoms with E-state index in [-0.39, 0.29) is 22.2 Å². The van der Waals surface area contributed by atoms with Gasteiger partial charge in [0.05, 0.1) is 0 Å². The average Bonchev–Trinajstić information content (AvgIpc) is 3.28. The van der Waals surface area contributed by atoms with Crippen molar-refractivity contribution in [1.82, 2.24) is 7.71 Å². The molecule has 2 heterocycles. The van der Waals surface area contributed by atoms with E-state index in [0.29, 0.717) is 12.1 Å². The maximum atomic E-state index is 4.96. The van der Waals surface area contributed by atoms with Gasteiger partial charge < -0.3 is 0 Å². The van der Waals surface area contributed by atoms with Crippen LogP contribution in [0.4, 0.5) is 0 Å². The fraction of sp³-hybridized carbons (Fsp3) is 0.562. The van der Waals surface area contributed by atoms with Gasteiger partial charge in [-0.2, -0.15) is 0 Å². The minimum atomic E-state index is -2.14. The molecule has 0 amide bonds. The molecule has 202 valence electrons. The Kier molecular flexibility index (Phi) is 7.84. The fourth-order valence-electron chi connectivity index (χ4n) is 5.66. The Morgan fingerprint density at radius 3 is 1.55 bits per heavy atom. The van der Waals surface area contributed by atoms with Crippen LogP contribution in [-0.2, 0) is 0 Å². The number of nitrogens with zero attached hydrogens (tertiary/aromatic N) is 4. The Balaban J connectivity index is 1.96. The first-order valence-corrected chi connectivity index (χ1v) is 17.8. The van der Waals surface area contributed by atoms with E-state index in [1.807, 2.05) is 0 Å². The summed E-state index contributed by atoms with van der Waals surface area (Å²) in [6, 6.07) is 14.4. The van der Waals surface area contributed by atoms with Crippen molar-refractivity contribution in [3.63, 3.8) is 0 Å². The molecule has 2 atom stereocenters. The second-order valence-electron chi connectivity index (χ2n) is 14.8. The van der Waals surface area contributed by atoms with Crippen molar-refractivity contribution in [2.75, 3.05) is 0 Å². The van der Waals surface area contributed by atoms with Crippen LogP contribution in [0.5, 0.6) is 0 Å². The molecular formula is C32H46Ge2N4. The van der Waals surface area contributed by atoms with Gasteiger partial charge in [0.1, 0.15) is 0 Å². The van der Waals surface area contributed by atoms with Crippen molar-refractivity contribution < 1.29 is 0 Å². The molecule has 2 aliphatic heterocycles. The van der Waals surface area contributed by atoms with Gasteiger partial charge in [0, 0.05) is 0 Å². The molecule has 2 aromatic carbocycles. The van der Waals surface area contributed by atoms with Gasteiger partial charge in [-0.15, -0.1) is 0 Å². The summed E-state index contributed by atoms with van der Waals surface area (Å²) in [5, 5.41) is 0. The second kappa shape index (κ2) is 10.0. The average molecular weight is 632 g/mol. The summed E-state index contributed by atoms with van der Waals surface area (Å²) in [4.78, 5) is 9.82. The monoisotopic (exact) mass is 634 g/mol. The summed E-state index contributed by atoms with van der Waals surface area (Å²) in [5.74, 6) is 0. The number of fused-ring (bicyclic) bond motifs is 5. The molecule has 4 radical (unpaired) electrons. The summed E-state index contributed by atoms with van der Waals surface area (Å²) < 4.78 is 8.81. The number of hydrogen-bond acceptors (Lipinski definition) is 4. The molecular weight excluding hydrogens is 586 g/mol. The van der Waals surface area contributed by atoms with E-state index in [1.54, 1.807) is 4.40 Å². The van der Waals surface area contributed by atoms with E-state index in [1.165, 1.54) is 26.6 Å². The summed E-state index contributed by atoms with van der Waals surface area (Å²) in [6.07, 6.45) is 4.24. The zero-order chi connectivity index (χ0) is 28.4. The van der Waals surface area contributed by atoms with Crippen LogP contribution in [0.25, 0.3) is 0 Å². The Labute approximate surface area is 245 Å². The van der Waals surface area contributed by atoms with Crippen LogP contribution in [0.3, 0.4) is 0 Å². The molecule has 0 spiro atoms. The molecule has 0 aromatic heterocycles. The van der Waals surface area contributed by atoms with Gasteiger partial charge in [0.2, 0.25) is 0 Å². The quantitative estimate of drug-likeness (QED) is 0.325. The molecule has 0 N–H and O–H groups in total. The molecule has 0 saturated carbocycles. The van der Waals surface area contributed by atoms with E-state index in [0.717, 1.165) is 0 Å². The van der Waals surface area contributed by atoms with E-state index >= 15 is 0 Å². The normalized spacial score (nSPS) is 21.8. The Morgan fingerprint density at radius 2 is 1.08 bits per heavy atom. The van der Waals surface area contributed by atoms with Crippen molar-refractivity contribution in [3.8, 4) is 0 Å². The Bertz CT molecular complexity index is 1250.